The Morgan fingerprint density at radius 3 is 1.95 bits per heavy atom. The summed E-state index contributed by atoms with van der Waals surface area (Å²) in [5, 5.41) is 18.3. The third-order valence-corrected chi connectivity index (χ3v) is 8.47. The van der Waals surface area contributed by atoms with Gasteiger partial charge >= 0.3 is 0 Å². The Balaban J connectivity index is 1.72. The number of aromatic hydroxyl groups is 1. The highest BCUT2D eigenvalue weighted by atomic mass is 32.2. The zero-order chi connectivity index (χ0) is 32.6. The summed E-state index contributed by atoms with van der Waals surface area (Å²) in [6.45, 7) is 5.21. The smallest absolute Gasteiger partial charge is 0.296 e. The number of anilines is 2. The summed E-state index contributed by atoms with van der Waals surface area (Å²) in [7, 11) is -10.0. The quantitative estimate of drug-likeness (QED) is 0.0634. The first kappa shape index (κ1) is 32.0. The van der Waals surface area contributed by atoms with Gasteiger partial charge in [-0.05, 0) is 85.5 Å². The van der Waals surface area contributed by atoms with Crippen molar-refractivity contribution in [3.63, 3.8) is 0 Å². The van der Waals surface area contributed by atoms with Gasteiger partial charge in [0.15, 0.2) is 5.75 Å². The van der Waals surface area contributed by atoms with Crippen molar-refractivity contribution in [2.75, 3.05) is 10.6 Å². The van der Waals surface area contributed by atoms with E-state index >= 15 is 0 Å². The first-order chi connectivity index (χ1) is 20.6. The van der Waals surface area contributed by atoms with Gasteiger partial charge in [-0.1, -0.05) is 24.3 Å². The second kappa shape index (κ2) is 12.0. The Kier molecular flexibility index (Phi) is 8.69. The van der Waals surface area contributed by atoms with E-state index in [-0.39, 0.29) is 11.1 Å². The number of allylic oxidation sites excluding steroid dienone is 1. The second-order valence-corrected chi connectivity index (χ2v) is 12.4. The molecule has 0 atom stereocenters. The van der Waals surface area contributed by atoms with Crippen LogP contribution in [0.1, 0.15) is 18.1 Å². The zero-order valence-electron chi connectivity index (χ0n) is 23.5. The molecule has 4 rings (SSSR count). The van der Waals surface area contributed by atoms with E-state index in [4.69, 9.17) is 5.73 Å². The predicted octanol–water partition coefficient (Wildman–Crippen LogP) is 5.39. The SMILES string of the molecule is C/C=C\C(=O)N(C=O)c1ccc(-c2ccc(N=Nc3ccc4c(S(=O)(=O)O)cc(S(=O)(=O)O)c(N)c4c3O)c(C)c2)cc1C. The molecule has 2 amide bonds. The van der Waals surface area contributed by atoms with Crippen LogP contribution in [0.15, 0.2) is 86.8 Å². The number of azo groups is 1. The molecule has 228 valence electrons. The van der Waals surface area contributed by atoms with E-state index in [9.17, 15) is 40.6 Å². The lowest BCUT2D eigenvalue weighted by Crippen LogP contribution is -2.28. The zero-order valence-corrected chi connectivity index (χ0v) is 25.1. The number of nitrogens with zero attached hydrogens (tertiary/aromatic N) is 3. The van der Waals surface area contributed by atoms with Crippen LogP contribution in [0.4, 0.5) is 22.7 Å². The maximum Gasteiger partial charge on any atom is 0.296 e. The summed E-state index contributed by atoms with van der Waals surface area (Å²) < 4.78 is 66.7. The van der Waals surface area contributed by atoms with E-state index in [2.05, 4.69) is 10.2 Å². The number of amides is 2. The van der Waals surface area contributed by atoms with Gasteiger partial charge in [0.1, 0.15) is 15.5 Å². The van der Waals surface area contributed by atoms with Crippen LogP contribution in [-0.2, 0) is 29.8 Å². The Morgan fingerprint density at radius 2 is 1.41 bits per heavy atom. The average molecular weight is 639 g/mol. The number of carbonyl (C=O) groups excluding carboxylic acids is 2. The normalized spacial score (nSPS) is 12.3. The summed E-state index contributed by atoms with van der Waals surface area (Å²) in [5.74, 6) is -1.21. The molecular weight excluding hydrogens is 612 g/mol. The number of phenols is 1. The molecule has 0 saturated heterocycles. The minimum Gasteiger partial charge on any atom is -0.505 e. The number of benzene rings is 4. The largest absolute Gasteiger partial charge is 0.505 e. The summed E-state index contributed by atoms with van der Waals surface area (Å²) in [6.07, 6.45) is 3.29. The maximum absolute atomic E-state index is 12.2. The van der Waals surface area contributed by atoms with Gasteiger partial charge in [0.05, 0.1) is 22.4 Å². The van der Waals surface area contributed by atoms with Crippen LogP contribution in [0.25, 0.3) is 21.9 Å². The number of phenolic OH excluding ortho intramolecular Hbond substituents is 1. The van der Waals surface area contributed by atoms with Crippen molar-refractivity contribution >= 4 is 66.1 Å². The summed E-state index contributed by atoms with van der Waals surface area (Å²) in [4.78, 5) is 22.9. The van der Waals surface area contributed by atoms with E-state index in [0.29, 0.717) is 35.0 Å². The van der Waals surface area contributed by atoms with Crippen LogP contribution in [0.3, 0.4) is 0 Å². The predicted molar refractivity (Wildman–Crippen MR) is 164 cm³/mol. The third-order valence-electron chi connectivity index (χ3n) is 6.68. The first-order valence-electron chi connectivity index (χ1n) is 12.7. The number of rotatable bonds is 8. The van der Waals surface area contributed by atoms with Crippen molar-refractivity contribution in [3.8, 4) is 16.9 Å². The molecule has 0 aliphatic heterocycles. The topological polar surface area (TPSA) is 217 Å². The highest BCUT2D eigenvalue weighted by Crippen LogP contribution is 2.44. The van der Waals surface area contributed by atoms with Crippen LogP contribution in [0.2, 0.25) is 0 Å². The van der Waals surface area contributed by atoms with E-state index in [1.54, 1.807) is 51.1 Å². The van der Waals surface area contributed by atoms with Crippen molar-refractivity contribution in [3.05, 3.63) is 77.9 Å². The van der Waals surface area contributed by atoms with E-state index in [1.165, 1.54) is 12.1 Å². The fourth-order valence-electron chi connectivity index (χ4n) is 4.57. The minimum absolute atomic E-state index is 0.208. The molecule has 0 aliphatic carbocycles. The Morgan fingerprint density at radius 1 is 0.841 bits per heavy atom. The Hall–Kier alpha value is -4.96. The molecule has 15 heteroatoms. The molecule has 5 N–H and O–H groups in total. The van der Waals surface area contributed by atoms with Gasteiger partial charge in [-0.15, -0.1) is 5.11 Å². The van der Waals surface area contributed by atoms with Crippen molar-refractivity contribution in [2.45, 2.75) is 30.6 Å². The molecule has 0 aliphatic rings. The molecule has 0 heterocycles. The lowest BCUT2D eigenvalue weighted by atomic mass is 9.99. The fourth-order valence-corrected chi connectivity index (χ4v) is 6.01. The van der Waals surface area contributed by atoms with Gasteiger partial charge < -0.3 is 10.8 Å². The van der Waals surface area contributed by atoms with Crippen LogP contribution in [-0.4, -0.2) is 43.4 Å². The number of nitrogen functional groups attached to an aromatic ring is 1. The summed E-state index contributed by atoms with van der Waals surface area (Å²) >= 11 is 0. The fraction of sp³-hybridized carbons (Fsp3) is 0.103. The third kappa shape index (κ3) is 6.21. The highest BCUT2D eigenvalue weighted by Gasteiger charge is 2.26. The van der Waals surface area contributed by atoms with Crippen molar-refractivity contribution in [1.82, 2.24) is 0 Å². The molecule has 0 radical (unpaired) electrons. The van der Waals surface area contributed by atoms with Gasteiger partial charge in [-0.25, -0.2) is 4.90 Å². The van der Waals surface area contributed by atoms with E-state index in [0.717, 1.165) is 22.1 Å². The van der Waals surface area contributed by atoms with Crippen LogP contribution in [0.5, 0.6) is 5.75 Å². The second-order valence-electron chi connectivity index (χ2n) is 9.61. The summed E-state index contributed by atoms with van der Waals surface area (Å²) in [6, 6.07) is 13.3. The standard InChI is InChI=1S/C29H26N4O9S2/c1-4-5-26(35)33(15-34)23-11-7-19(13-17(23)3)18-6-9-21(16(2)12-18)31-32-22-10-8-20-24(43(37,38)39)14-25(44(40,41)42)28(30)27(20)29(22)36/h4-15,36H,30H2,1-3H3,(H,37,38,39)(H,40,41,42)/b5-4-,32-31?. The van der Waals surface area contributed by atoms with Gasteiger partial charge in [0.2, 0.25) is 6.41 Å². The molecular formula is C29H26N4O9S2. The molecule has 0 aromatic heterocycles. The van der Waals surface area contributed by atoms with Crippen LogP contribution in [0, 0.1) is 13.8 Å². The number of hydrogen-bond donors (Lipinski definition) is 4. The monoisotopic (exact) mass is 638 g/mol. The molecule has 0 unspecified atom stereocenters. The van der Waals surface area contributed by atoms with E-state index in [1.807, 2.05) is 12.1 Å². The van der Waals surface area contributed by atoms with Gasteiger partial charge in [-0.2, -0.15) is 21.9 Å². The lowest BCUT2D eigenvalue weighted by molar-refractivity contribution is -0.118. The lowest BCUT2D eigenvalue weighted by Gasteiger charge is -2.17. The number of carbonyl (C=O) groups is 2. The highest BCUT2D eigenvalue weighted by molar-refractivity contribution is 7.87. The number of nitrogens with two attached hydrogens (primary N) is 1. The summed E-state index contributed by atoms with van der Waals surface area (Å²) in [5.41, 5.74) is 8.80. The molecule has 4 aromatic rings. The number of fused-ring (bicyclic) bond motifs is 1. The molecule has 0 fully saturated rings. The molecule has 0 bridgehead atoms. The van der Waals surface area contributed by atoms with E-state index < -0.39 is 52.8 Å². The average Bonchev–Trinajstić information content (AvgIpc) is 2.93. The van der Waals surface area contributed by atoms with Crippen molar-refractivity contribution in [2.24, 2.45) is 10.2 Å². The molecule has 0 saturated carbocycles. The molecule has 0 spiro atoms. The number of hydrogen-bond acceptors (Lipinski definition) is 10. The van der Waals surface area contributed by atoms with Crippen molar-refractivity contribution in [1.29, 1.82) is 0 Å². The van der Waals surface area contributed by atoms with Gasteiger partial charge in [0, 0.05) is 5.39 Å². The maximum atomic E-state index is 12.2. The number of aryl methyl sites for hydroxylation is 2. The Bertz CT molecular complexity index is 2120. The molecule has 13 nitrogen and oxygen atoms in total. The first-order valence-corrected chi connectivity index (χ1v) is 15.5. The van der Waals surface area contributed by atoms with Crippen molar-refractivity contribution < 1.29 is 40.6 Å². The van der Waals surface area contributed by atoms with Crippen LogP contribution < -0.4 is 10.6 Å². The molecule has 44 heavy (non-hydrogen) atoms. The number of imide groups is 1. The van der Waals surface area contributed by atoms with Crippen LogP contribution >= 0.6 is 0 Å². The molecule has 4 aromatic carbocycles. The van der Waals surface area contributed by atoms with Gasteiger partial charge in [-0.3, -0.25) is 18.7 Å². The minimum atomic E-state index is -5.04. The Labute approximate surface area is 252 Å². The van der Waals surface area contributed by atoms with Gasteiger partial charge in [0.25, 0.3) is 26.1 Å².